The van der Waals surface area contributed by atoms with E-state index in [1.165, 1.54) is 12.8 Å². The van der Waals surface area contributed by atoms with Crippen LogP contribution in [0.15, 0.2) is 12.1 Å². The number of nitrogens with one attached hydrogen (secondary N) is 1. The fourth-order valence-corrected chi connectivity index (χ4v) is 2.81. The highest BCUT2D eigenvalue weighted by Gasteiger charge is 2.25. The third-order valence-electron chi connectivity index (χ3n) is 3.80. The molecule has 0 saturated carbocycles. The summed E-state index contributed by atoms with van der Waals surface area (Å²) >= 11 is 0. The number of rotatable bonds is 1. The number of benzene rings is 1. The lowest BCUT2D eigenvalue weighted by atomic mass is 10.1. The molecule has 1 atom stereocenters. The number of fused-ring (bicyclic) bond motifs is 1. The van der Waals surface area contributed by atoms with Crippen LogP contribution in [-0.4, -0.2) is 28.5 Å². The number of aromatic amines is 1. The van der Waals surface area contributed by atoms with E-state index in [9.17, 15) is 0 Å². The molecule has 1 unspecified atom stereocenters. The third kappa shape index (κ3) is 1.70. The van der Waals surface area contributed by atoms with E-state index in [4.69, 9.17) is 11.4 Å². The number of likely N-dealkylation sites (tertiary alicyclic amines) is 1. The number of terminal acetylenes is 1. The normalized spacial score (nSPS) is 20.4. The summed E-state index contributed by atoms with van der Waals surface area (Å²) in [5.41, 5.74) is 4.15. The predicted octanol–water partition coefficient (Wildman–Crippen LogP) is 2.62. The molecule has 0 bridgehead atoms. The van der Waals surface area contributed by atoms with Gasteiger partial charge in [-0.3, -0.25) is 4.90 Å². The average Bonchev–Trinajstić information content (AvgIpc) is 2.94. The highest BCUT2D eigenvalue weighted by atomic mass is 15.2. The van der Waals surface area contributed by atoms with Gasteiger partial charge in [-0.2, -0.15) is 0 Å². The van der Waals surface area contributed by atoms with E-state index in [1.807, 2.05) is 12.1 Å². The summed E-state index contributed by atoms with van der Waals surface area (Å²) in [6, 6.07) is 4.45. The van der Waals surface area contributed by atoms with Gasteiger partial charge in [-0.05, 0) is 51.1 Å². The molecule has 1 aliphatic heterocycles. The van der Waals surface area contributed by atoms with Gasteiger partial charge in [0.1, 0.15) is 5.82 Å². The molecular formula is C15H17N3. The zero-order valence-electron chi connectivity index (χ0n) is 10.8. The smallest absolute Gasteiger partial charge is 0.124 e. The van der Waals surface area contributed by atoms with Crippen LogP contribution >= 0.6 is 0 Å². The monoisotopic (exact) mass is 239 g/mol. The van der Waals surface area contributed by atoms with Crippen molar-refractivity contribution < 1.29 is 0 Å². The molecule has 1 aromatic heterocycles. The Morgan fingerprint density at radius 2 is 2.33 bits per heavy atom. The van der Waals surface area contributed by atoms with E-state index in [1.54, 1.807) is 0 Å². The number of aromatic nitrogens is 2. The molecule has 0 spiro atoms. The quantitative estimate of drug-likeness (QED) is 0.776. The number of hydrogen-bond acceptors (Lipinski definition) is 2. The van der Waals surface area contributed by atoms with Crippen molar-refractivity contribution in [2.24, 2.45) is 0 Å². The number of hydrogen-bond donors (Lipinski definition) is 1. The number of nitrogens with zero attached hydrogens (tertiary/aromatic N) is 2. The van der Waals surface area contributed by atoms with Gasteiger partial charge in [-0.15, -0.1) is 6.42 Å². The highest BCUT2D eigenvalue weighted by Crippen LogP contribution is 2.30. The van der Waals surface area contributed by atoms with Gasteiger partial charge in [0, 0.05) is 5.56 Å². The van der Waals surface area contributed by atoms with Crippen molar-refractivity contribution in [3.63, 3.8) is 0 Å². The first-order valence-corrected chi connectivity index (χ1v) is 6.36. The minimum atomic E-state index is 0.422. The van der Waals surface area contributed by atoms with Crippen LogP contribution in [0.4, 0.5) is 0 Å². The molecule has 1 aliphatic rings. The molecule has 18 heavy (non-hydrogen) atoms. The Morgan fingerprint density at radius 3 is 3.00 bits per heavy atom. The Hall–Kier alpha value is -1.79. The van der Waals surface area contributed by atoms with Crippen LogP contribution in [0, 0.1) is 19.3 Å². The molecule has 0 radical (unpaired) electrons. The lowest BCUT2D eigenvalue weighted by Gasteiger charge is -2.16. The van der Waals surface area contributed by atoms with Gasteiger partial charge in [0.05, 0.1) is 17.1 Å². The molecule has 3 nitrogen and oxygen atoms in total. The Morgan fingerprint density at radius 1 is 1.50 bits per heavy atom. The first-order chi connectivity index (χ1) is 8.69. The van der Waals surface area contributed by atoms with Crippen molar-refractivity contribution >= 4 is 11.0 Å². The van der Waals surface area contributed by atoms with Crippen molar-refractivity contribution in [1.29, 1.82) is 0 Å². The Kier molecular flexibility index (Phi) is 2.61. The summed E-state index contributed by atoms with van der Waals surface area (Å²) in [5, 5.41) is 0. The van der Waals surface area contributed by atoms with Crippen LogP contribution < -0.4 is 0 Å². The maximum atomic E-state index is 5.47. The molecule has 1 fully saturated rings. The lowest BCUT2D eigenvalue weighted by Crippen LogP contribution is -2.18. The molecule has 2 heterocycles. The molecule has 0 aliphatic carbocycles. The summed E-state index contributed by atoms with van der Waals surface area (Å²) in [6.45, 7) is 3.21. The third-order valence-corrected chi connectivity index (χ3v) is 3.80. The standard InChI is InChI=1S/C15H17N3/c1-4-11-8-10(2)14-12(9-11)16-15(17-14)13-6-5-7-18(13)3/h1,8-9,13H,5-7H2,2-3H3,(H,16,17). The van der Waals surface area contributed by atoms with Crippen LogP contribution in [0.25, 0.3) is 11.0 Å². The number of aryl methyl sites for hydroxylation is 1. The van der Waals surface area contributed by atoms with Crippen LogP contribution in [0.2, 0.25) is 0 Å². The number of H-pyrrole nitrogens is 1. The summed E-state index contributed by atoms with van der Waals surface area (Å²) in [5.74, 6) is 3.76. The van der Waals surface area contributed by atoms with Gasteiger partial charge in [0.2, 0.25) is 0 Å². The summed E-state index contributed by atoms with van der Waals surface area (Å²) < 4.78 is 0. The van der Waals surface area contributed by atoms with Gasteiger partial charge in [0.25, 0.3) is 0 Å². The van der Waals surface area contributed by atoms with Crippen molar-refractivity contribution in [3.8, 4) is 12.3 Å². The van der Waals surface area contributed by atoms with Crippen molar-refractivity contribution in [2.45, 2.75) is 25.8 Å². The van der Waals surface area contributed by atoms with Gasteiger partial charge >= 0.3 is 0 Å². The molecule has 1 aromatic carbocycles. The van der Waals surface area contributed by atoms with E-state index < -0.39 is 0 Å². The molecule has 1 saturated heterocycles. The van der Waals surface area contributed by atoms with Crippen LogP contribution in [0.1, 0.15) is 35.8 Å². The van der Waals surface area contributed by atoms with Gasteiger partial charge in [-0.1, -0.05) is 5.92 Å². The average molecular weight is 239 g/mol. The van der Waals surface area contributed by atoms with Crippen LogP contribution in [0.3, 0.4) is 0 Å². The summed E-state index contributed by atoms with van der Waals surface area (Å²) in [6.07, 6.45) is 7.89. The first-order valence-electron chi connectivity index (χ1n) is 6.36. The molecule has 92 valence electrons. The Balaban J connectivity index is 2.11. The zero-order valence-corrected chi connectivity index (χ0v) is 10.8. The van der Waals surface area contributed by atoms with E-state index in [2.05, 4.69) is 29.8 Å². The molecule has 0 amide bonds. The van der Waals surface area contributed by atoms with Crippen molar-refractivity contribution in [1.82, 2.24) is 14.9 Å². The molecular weight excluding hydrogens is 222 g/mol. The van der Waals surface area contributed by atoms with E-state index >= 15 is 0 Å². The second-order valence-electron chi connectivity index (χ2n) is 5.09. The van der Waals surface area contributed by atoms with Gasteiger partial charge < -0.3 is 4.98 Å². The largest absolute Gasteiger partial charge is 0.341 e. The minimum absolute atomic E-state index is 0.422. The Labute approximate surface area is 107 Å². The van der Waals surface area contributed by atoms with Crippen molar-refractivity contribution in [2.75, 3.05) is 13.6 Å². The van der Waals surface area contributed by atoms with Gasteiger partial charge in [0.15, 0.2) is 0 Å². The minimum Gasteiger partial charge on any atom is -0.341 e. The van der Waals surface area contributed by atoms with E-state index in [-0.39, 0.29) is 0 Å². The second kappa shape index (κ2) is 4.15. The molecule has 1 N–H and O–H groups in total. The highest BCUT2D eigenvalue weighted by molar-refractivity contribution is 5.80. The zero-order chi connectivity index (χ0) is 12.7. The van der Waals surface area contributed by atoms with Crippen LogP contribution in [-0.2, 0) is 0 Å². The SMILES string of the molecule is C#Cc1cc(C)c2nc(C3CCCN3C)[nH]c2c1. The second-order valence-corrected chi connectivity index (χ2v) is 5.09. The van der Waals surface area contributed by atoms with E-state index in [0.29, 0.717) is 6.04 Å². The molecule has 3 rings (SSSR count). The summed E-state index contributed by atoms with van der Waals surface area (Å²) in [7, 11) is 2.16. The lowest BCUT2D eigenvalue weighted by molar-refractivity contribution is 0.307. The van der Waals surface area contributed by atoms with Gasteiger partial charge in [-0.25, -0.2) is 4.98 Å². The molecule has 2 aromatic rings. The van der Waals surface area contributed by atoms with Crippen molar-refractivity contribution in [3.05, 3.63) is 29.1 Å². The maximum absolute atomic E-state index is 5.47. The molecule has 3 heteroatoms. The Bertz CT molecular complexity index is 633. The fraction of sp³-hybridized carbons (Fsp3) is 0.400. The number of imidazole rings is 1. The van der Waals surface area contributed by atoms with Crippen LogP contribution in [0.5, 0.6) is 0 Å². The maximum Gasteiger partial charge on any atom is 0.124 e. The van der Waals surface area contributed by atoms with E-state index in [0.717, 1.165) is 34.5 Å². The predicted molar refractivity (Wildman–Crippen MR) is 73.4 cm³/mol. The fourth-order valence-electron chi connectivity index (χ4n) is 2.81. The summed E-state index contributed by atoms with van der Waals surface area (Å²) in [4.78, 5) is 10.5. The topological polar surface area (TPSA) is 31.9 Å². The first kappa shape index (κ1) is 11.3.